The van der Waals surface area contributed by atoms with E-state index in [0.29, 0.717) is 44.2 Å². The summed E-state index contributed by atoms with van der Waals surface area (Å²) in [7, 11) is 1.39. The first kappa shape index (κ1) is 23.4. The summed E-state index contributed by atoms with van der Waals surface area (Å²) in [5.74, 6) is -0.0697. The van der Waals surface area contributed by atoms with E-state index in [-0.39, 0.29) is 35.3 Å². The number of morpholine rings is 1. The number of aromatic nitrogens is 5. The highest BCUT2D eigenvalue weighted by molar-refractivity contribution is 5.85. The van der Waals surface area contributed by atoms with Crippen LogP contribution in [-0.2, 0) is 16.0 Å². The maximum absolute atomic E-state index is 14.6. The minimum atomic E-state index is -0.667. The first-order valence-electron chi connectivity index (χ1n) is 12.2. The molecule has 0 saturated carbocycles. The minimum Gasteiger partial charge on any atom is -0.493 e. The zero-order valence-electron chi connectivity index (χ0n) is 20.2. The van der Waals surface area contributed by atoms with Crippen LogP contribution in [0.15, 0.2) is 30.7 Å². The van der Waals surface area contributed by atoms with Crippen molar-refractivity contribution in [3.05, 3.63) is 58.8 Å². The summed E-state index contributed by atoms with van der Waals surface area (Å²) in [6.07, 6.45) is 4.45. The molecule has 3 aromatic rings. The van der Waals surface area contributed by atoms with Gasteiger partial charge in [-0.15, -0.1) is 5.10 Å². The lowest BCUT2D eigenvalue weighted by molar-refractivity contribution is -0.141. The number of carbonyl (C=O) groups is 1. The number of carbonyl (C=O) groups excluding carboxylic acids is 1. The maximum atomic E-state index is 14.6. The Morgan fingerprint density at radius 3 is 2.95 bits per heavy atom. The van der Waals surface area contributed by atoms with Crippen LogP contribution in [-0.4, -0.2) is 86.8 Å². The van der Waals surface area contributed by atoms with Gasteiger partial charge in [0.05, 0.1) is 37.3 Å². The van der Waals surface area contributed by atoms with Gasteiger partial charge in [0.25, 0.3) is 0 Å². The summed E-state index contributed by atoms with van der Waals surface area (Å²) >= 11 is 0. The number of rotatable bonds is 4. The molecule has 2 aliphatic heterocycles. The van der Waals surface area contributed by atoms with Gasteiger partial charge in [0.15, 0.2) is 17.4 Å². The summed E-state index contributed by atoms with van der Waals surface area (Å²) in [5.41, 5.74) is 2.60. The van der Waals surface area contributed by atoms with E-state index >= 15 is 0 Å². The zero-order chi connectivity index (χ0) is 25.5. The van der Waals surface area contributed by atoms with Crippen molar-refractivity contribution < 1.29 is 18.7 Å². The van der Waals surface area contributed by atoms with Gasteiger partial charge in [-0.05, 0) is 46.5 Å². The number of halogens is 1. The van der Waals surface area contributed by atoms with Gasteiger partial charge in [0.2, 0.25) is 5.91 Å². The number of nitriles is 1. The van der Waals surface area contributed by atoms with Crippen LogP contribution < -0.4 is 4.74 Å². The Bertz CT molecular complexity index is 1370. The van der Waals surface area contributed by atoms with E-state index < -0.39 is 5.82 Å². The number of hydrogen-bond donors (Lipinski definition) is 0. The highest BCUT2D eigenvalue weighted by Crippen LogP contribution is 2.37. The van der Waals surface area contributed by atoms with Gasteiger partial charge in [-0.3, -0.25) is 9.69 Å². The Labute approximate surface area is 212 Å². The predicted molar refractivity (Wildman–Crippen MR) is 126 cm³/mol. The van der Waals surface area contributed by atoms with Gasteiger partial charge in [0, 0.05) is 37.9 Å². The summed E-state index contributed by atoms with van der Waals surface area (Å²) in [6, 6.07) is 7.01. The van der Waals surface area contributed by atoms with Gasteiger partial charge in [-0.1, -0.05) is 6.07 Å². The Morgan fingerprint density at radius 2 is 2.16 bits per heavy atom. The normalized spacial score (nSPS) is 23.3. The molecule has 0 spiro atoms. The molecule has 0 radical (unpaired) electrons. The van der Waals surface area contributed by atoms with Crippen molar-refractivity contribution >= 4 is 5.91 Å². The molecule has 12 heteroatoms. The van der Waals surface area contributed by atoms with E-state index in [1.807, 2.05) is 17.0 Å². The number of pyridine rings is 1. The Morgan fingerprint density at radius 1 is 1.27 bits per heavy atom. The van der Waals surface area contributed by atoms with Crippen molar-refractivity contribution in [1.29, 1.82) is 5.26 Å². The summed E-state index contributed by atoms with van der Waals surface area (Å²) in [5, 5.41) is 20.3. The number of nitrogens with zero attached hydrogens (tertiary/aromatic N) is 8. The highest BCUT2D eigenvalue weighted by atomic mass is 19.1. The van der Waals surface area contributed by atoms with Gasteiger partial charge in [-0.25, -0.2) is 9.37 Å². The van der Waals surface area contributed by atoms with Crippen LogP contribution in [0.1, 0.15) is 40.7 Å². The summed E-state index contributed by atoms with van der Waals surface area (Å²) < 4.78 is 27.5. The molecule has 37 heavy (non-hydrogen) atoms. The highest BCUT2D eigenvalue weighted by Gasteiger charge is 2.40. The molecule has 2 fully saturated rings. The third kappa shape index (κ3) is 4.10. The monoisotopic (exact) mass is 504 g/mol. The molecular formula is C25H25FN8O3. The average Bonchev–Trinajstić information content (AvgIpc) is 3.62. The van der Waals surface area contributed by atoms with Crippen molar-refractivity contribution in [3.8, 4) is 17.6 Å². The Balaban J connectivity index is 1.13. The summed E-state index contributed by atoms with van der Waals surface area (Å²) in [4.78, 5) is 22.2. The number of tetrazole rings is 1. The third-order valence-electron chi connectivity index (χ3n) is 7.58. The fourth-order valence-electron chi connectivity index (χ4n) is 5.64. The molecule has 1 aliphatic carbocycles. The van der Waals surface area contributed by atoms with Crippen molar-refractivity contribution in [2.24, 2.45) is 0 Å². The van der Waals surface area contributed by atoms with Crippen LogP contribution >= 0.6 is 0 Å². The van der Waals surface area contributed by atoms with Gasteiger partial charge >= 0.3 is 0 Å². The number of ether oxygens (including phenoxy) is 2. The molecule has 6 rings (SSSR count). The summed E-state index contributed by atoms with van der Waals surface area (Å²) in [6.45, 7) is 2.87. The molecule has 2 saturated heterocycles. The number of aryl methyl sites for hydroxylation is 1. The van der Waals surface area contributed by atoms with E-state index in [4.69, 9.17) is 14.7 Å². The largest absolute Gasteiger partial charge is 0.493 e. The molecule has 4 heterocycles. The number of hydrogen-bond acceptors (Lipinski definition) is 9. The molecule has 1 aromatic carbocycles. The third-order valence-corrected chi connectivity index (χ3v) is 7.58. The van der Waals surface area contributed by atoms with Gasteiger partial charge in [0.1, 0.15) is 12.4 Å². The van der Waals surface area contributed by atoms with E-state index in [1.54, 1.807) is 12.3 Å². The van der Waals surface area contributed by atoms with Crippen molar-refractivity contribution in [3.63, 3.8) is 0 Å². The molecule has 0 bridgehead atoms. The zero-order valence-corrected chi connectivity index (χ0v) is 20.2. The number of benzene rings is 1. The van der Waals surface area contributed by atoms with Crippen LogP contribution in [0.4, 0.5) is 4.39 Å². The molecule has 190 valence electrons. The smallest absolute Gasteiger partial charge is 0.230 e. The SMILES string of the molecule is COc1c([C@@H]2CN3CCN(C(=O)C4CCc5cc(-n6cnnn6)ncc54)C[C@H]3CO2)ccc(C#N)c1F. The van der Waals surface area contributed by atoms with Crippen LogP contribution in [0.5, 0.6) is 5.75 Å². The fraction of sp³-hybridized carbons (Fsp3) is 0.440. The van der Waals surface area contributed by atoms with Crippen molar-refractivity contribution in [2.75, 3.05) is 39.9 Å². The number of piperazine rings is 1. The van der Waals surface area contributed by atoms with E-state index in [9.17, 15) is 9.18 Å². The average molecular weight is 505 g/mol. The van der Waals surface area contributed by atoms with Gasteiger partial charge in [-0.2, -0.15) is 9.94 Å². The second kappa shape index (κ2) is 9.49. The van der Waals surface area contributed by atoms with Crippen molar-refractivity contribution in [1.82, 2.24) is 35.0 Å². The second-order valence-electron chi connectivity index (χ2n) is 9.50. The second-order valence-corrected chi connectivity index (χ2v) is 9.50. The standard InChI is InChI=1S/C25H25FN8O3/c1-36-24-19(5-3-16(9-27)23(24)26)21-12-32-6-7-33(11-17(32)13-37-21)25(35)18-4-2-15-8-22(28-10-20(15)18)34-14-29-30-31-34/h3,5,8,10,14,17-18,21H,2,4,6-7,11-13H2,1H3/t17-,18?,21-/m0/s1. The van der Waals surface area contributed by atoms with Crippen molar-refractivity contribution in [2.45, 2.75) is 30.9 Å². The number of methoxy groups -OCH3 is 1. The lowest BCUT2D eigenvalue weighted by Gasteiger charge is -2.46. The topological polar surface area (TPSA) is 122 Å². The fourth-order valence-corrected chi connectivity index (χ4v) is 5.64. The lowest BCUT2D eigenvalue weighted by atomic mass is 9.98. The van der Waals surface area contributed by atoms with E-state index in [0.717, 1.165) is 24.0 Å². The Hall–Kier alpha value is -3.95. The number of amides is 1. The van der Waals surface area contributed by atoms with Crippen LogP contribution in [0.25, 0.3) is 5.82 Å². The minimum absolute atomic E-state index is 0.0491. The van der Waals surface area contributed by atoms with Crippen LogP contribution in [0, 0.1) is 17.1 Å². The molecule has 3 atom stereocenters. The molecule has 3 aliphatic rings. The van der Waals surface area contributed by atoms with Gasteiger partial charge < -0.3 is 14.4 Å². The van der Waals surface area contributed by atoms with Crippen LogP contribution in [0.2, 0.25) is 0 Å². The molecular weight excluding hydrogens is 479 g/mol. The first-order valence-corrected chi connectivity index (χ1v) is 12.2. The molecule has 11 nitrogen and oxygen atoms in total. The molecule has 0 N–H and O–H groups in total. The number of fused-ring (bicyclic) bond motifs is 2. The predicted octanol–water partition coefficient (Wildman–Crippen LogP) is 1.39. The van der Waals surface area contributed by atoms with Crippen LogP contribution in [0.3, 0.4) is 0 Å². The molecule has 1 amide bonds. The first-order chi connectivity index (χ1) is 18.1. The Kier molecular flexibility index (Phi) is 6.02. The molecule has 2 aromatic heterocycles. The quantitative estimate of drug-likeness (QED) is 0.519. The lowest BCUT2D eigenvalue weighted by Crippen LogP contribution is -2.60. The van der Waals surface area contributed by atoms with E-state index in [1.165, 1.54) is 24.2 Å². The molecule has 1 unspecified atom stereocenters. The van der Waals surface area contributed by atoms with E-state index in [2.05, 4.69) is 25.4 Å². The maximum Gasteiger partial charge on any atom is 0.230 e.